The Morgan fingerprint density at radius 2 is 1.61 bits per heavy atom. The predicted molar refractivity (Wildman–Crippen MR) is 72.1 cm³/mol. The van der Waals surface area contributed by atoms with Gasteiger partial charge in [-0.1, -0.05) is 30.3 Å². The predicted octanol–water partition coefficient (Wildman–Crippen LogP) is 3.14. The van der Waals surface area contributed by atoms with E-state index in [-0.39, 0.29) is 5.41 Å². The molecule has 94 valence electrons. The van der Waals surface area contributed by atoms with Gasteiger partial charge in [0.2, 0.25) is 0 Å². The second-order valence-corrected chi connectivity index (χ2v) is 5.78. The van der Waals surface area contributed by atoms with Crippen molar-refractivity contribution >= 4 is 0 Å². The zero-order valence-electron chi connectivity index (χ0n) is 10.7. The highest BCUT2D eigenvalue weighted by Crippen LogP contribution is 2.39. The fourth-order valence-corrected chi connectivity index (χ4v) is 3.08. The van der Waals surface area contributed by atoms with Gasteiger partial charge in [-0.3, -0.25) is 0 Å². The summed E-state index contributed by atoms with van der Waals surface area (Å²) in [6.07, 6.45) is 6.96. The Morgan fingerprint density at radius 1 is 1.00 bits per heavy atom. The molecule has 0 aromatic heterocycles. The van der Waals surface area contributed by atoms with E-state index in [9.17, 15) is 5.26 Å². The standard InChI is InChI=1S/C16H20N2/c17-12-16(13-4-2-1-3-5-13)10-8-15(9-11-16)18-14-6-7-14/h1-5,14-15,18H,6-11H2/t15-,16-. The molecule has 18 heavy (non-hydrogen) atoms. The highest BCUT2D eigenvalue weighted by Gasteiger charge is 2.38. The Bertz CT molecular complexity index is 434. The molecule has 2 saturated carbocycles. The number of nitriles is 1. The molecular formula is C16H20N2. The van der Waals surface area contributed by atoms with Crippen molar-refractivity contribution in [2.75, 3.05) is 0 Å². The van der Waals surface area contributed by atoms with E-state index < -0.39 is 0 Å². The minimum Gasteiger partial charge on any atom is -0.311 e. The van der Waals surface area contributed by atoms with Crippen molar-refractivity contribution in [2.24, 2.45) is 0 Å². The molecule has 2 nitrogen and oxygen atoms in total. The second kappa shape index (κ2) is 4.74. The number of nitrogens with zero attached hydrogens (tertiary/aromatic N) is 1. The van der Waals surface area contributed by atoms with Crippen molar-refractivity contribution in [1.29, 1.82) is 5.26 Å². The molecule has 2 aliphatic rings. The summed E-state index contributed by atoms with van der Waals surface area (Å²) in [7, 11) is 0. The van der Waals surface area contributed by atoms with E-state index in [1.54, 1.807) is 0 Å². The molecule has 1 aromatic carbocycles. The number of rotatable bonds is 3. The zero-order valence-corrected chi connectivity index (χ0v) is 10.7. The van der Waals surface area contributed by atoms with Gasteiger partial charge >= 0.3 is 0 Å². The number of hydrogen-bond acceptors (Lipinski definition) is 2. The molecule has 0 aliphatic heterocycles. The summed E-state index contributed by atoms with van der Waals surface area (Å²) in [5.41, 5.74) is 0.973. The van der Waals surface area contributed by atoms with Crippen molar-refractivity contribution in [2.45, 2.75) is 56.0 Å². The van der Waals surface area contributed by atoms with Crippen LogP contribution in [0.3, 0.4) is 0 Å². The van der Waals surface area contributed by atoms with Gasteiger partial charge in [0.1, 0.15) is 0 Å². The Balaban J connectivity index is 1.69. The van der Waals surface area contributed by atoms with Crippen LogP contribution in [-0.2, 0) is 5.41 Å². The van der Waals surface area contributed by atoms with Crippen LogP contribution in [0.5, 0.6) is 0 Å². The molecule has 3 rings (SSSR count). The quantitative estimate of drug-likeness (QED) is 0.881. The Morgan fingerprint density at radius 3 is 2.17 bits per heavy atom. The van der Waals surface area contributed by atoms with Crippen molar-refractivity contribution < 1.29 is 0 Å². The van der Waals surface area contributed by atoms with E-state index in [1.165, 1.54) is 18.4 Å². The number of benzene rings is 1. The zero-order chi connectivity index (χ0) is 12.4. The summed E-state index contributed by atoms with van der Waals surface area (Å²) in [5, 5.41) is 13.3. The molecule has 2 fully saturated rings. The van der Waals surface area contributed by atoms with E-state index in [2.05, 4.69) is 23.5 Å². The first kappa shape index (κ1) is 11.7. The van der Waals surface area contributed by atoms with Gasteiger partial charge in [-0.05, 0) is 44.1 Å². The van der Waals surface area contributed by atoms with Crippen molar-refractivity contribution in [1.82, 2.24) is 5.32 Å². The van der Waals surface area contributed by atoms with Crippen LogP contribution in [0.25, 0.3) is 0 Å². The topological polar surface area (TPSA) is 35.8 Å². The molecule has 0 heterocycles. The number of hydrogen-bond donors (Lipinski definition) is 1. The highest BCUT2D eigenvalue weighted by atomic mass is 15.0. The van der Waals surface area contributed by atoms with Gasteiger partial charge < -0.3 is 5.32 Å². The molecule has 1 aromatic rings. The maximum Gasteiger partial charge on any atom is 0.0823 e. The van der Waals surface area contributed by atoms with Crippen LogP contribution in [0.4, 0.5) is 0 Å². The smallest absolute Gasteiger partial charge is 0.0823 e. The molecule has 0 spiro atoms. The van der Waals surface area contributed by atoms with Crippen LogP contribution in [0.1, 0.15) is 44.1 Å². The van der Waals surface area contributed by atoms with Crippen molar-refractivity contribution in [3.8, 4) is 6.07 Å². The molecule has 1 N–H and O–H groups in total. The molecular weight excluding hydrogens is 220 g/mol. The average Bonchev–Trinajstić information content (AvgIpc) is 3.25. The second-order valence-electron chi connectivity index (χ2n) is 5.78. The molecule has 0 saturated heterocycles. The fraction of sp³-hybridized carbons (Fsp3) is 0.562. The van der Waals surface area contributed by atoms with E-state index in [0.29, 0.717) is 6.04 Å². The minimum atomic E-state index is -0.233. The Hall–Kier alpha value is -1.33. The van der Waals surface area contributed by atoms with E-state index in [4.69, 9.17) is 0 Å². The van der Waals surface area contributed by atoms with Crippen LogP contribution < -0.4 is 5.32 Å². The molecule has 2 aliphatic carbocycles. The summed E-state index contributed by atoms with van der Waals surface area (Å²) >= 11 is 0. The maximum absolute atomic E-state index is 9.61. The first-order valence-corrected chi connectivity index (χ1v) is 7.05. The van der Waals surface area contributed by atoms with Crippen LogP contribution in [0.15, 0.2) is 30.3 Å². The van der Waals surface area contributed by atoms with Gasteiger partial charge in [-0.2, -0.15) is 5.26 Å². The molecule has 0 radical (unpaired) electrons. The third-order valence-corrected chi connectivity index (χ3v) is 4.43. The Labute approximate surface area is 109 Å². The Kier molecular flexibility index (Phi) is 3.09. The van der Waals surface area contributed by atoms with Gasteiger partial charge in [-0.15, -0.1) is 0 Å². The summed E-state index contributed by atoms with van der Waals surface area (Å²) in [6, 6.07) is 14.3. The molecule has 0 atom stereocenters. The van der Waals surface area contributed by atoms with Crippen LogP contribution in [-0.4, -0.2) is 12.1 Å². The summed E-state index contributed by atoms with van der Waals surface area (Å²) in [6.45, 7) is 0. The molecule has 0 unspecified atom stereocenters. The van der Waals surface area contributed by atoms with E-state index in [0.717, 1.165) is 31.7 Å². The van der Waals surface area contributed by atoms with Crippen LogP contribution in [0.2, 0.25) is 0 Å². The van der Waals surface area contributed by atoms with E-state index >= 15 is 0 Å². The fourth-order valence-electron chi connectivity index (χ4n) is 3.08. The number of nitrogens with one attached hydrogen (secondary N) is 1. The lowest BCUT2D eigenvalue weighted by Crippen LogP contribution is -2.40. The largest absolute Gasteiger partial charge is 0.311 e. The molecule has 0 bridgehead atoms. The van der Waals surface area contributed by atoms with Gasteiger partial charge in [0, 0.05) is 12.1 Å². The normalized spacial score (nSPS) is 31.8. The third-order valence-electron chi connectivity index (χ3n) is 4.43. The lowest BCUT2D eigenvalue weighted by Gasteiger charge is -2.35. The molecule has 2 heteroatoms. The van der Waals surface area contributed by atoms with Gasteiger partial charge in [0.05, 0.1) is 11.5 Å². The van der Waals surface area contributed by atoms with Crippen molar-refractivity contribution in [3.63, 3.8) is 0 Å². The SMILES string of the molecule is N#C[C@]1(c2ccccc2)CC[C@H](NC2CC2)CC1. The van der Waals surface area contributed by atoms with Gasteiger partial charge in [-0.25, -0.2) is 0 Å². The first-order chi connectivity index (χ1) is 8.82. The third kappa shape index (κ3) is 2.28. The summed E-state index contributed by atoms with van der Waals surface area (Å²) in [4.78, 5) is 0. The van der Waals surface area contributed by atoms with E-state index in [1.807, 2.05) is 18.2 Å². The minimum absolute atomic E-state index is 0.233. The first-order valence-electron chi connectivity index (χ1n) is 7.05. The highest BCUT2D eigenvalue weighted by molar-refractivity contribution is 5.33. The van der Waals surface area contributed by atoms with Crippen LogP contribution in [0, 0.1) is 11.3 Å². The lowest BCUT2D eigenvalue weighted by atomic mass is 9.69. The molecule has 0 amide bonds. The van der Waals surface area contributed by atoms with Crippen molar-refractivity contribution in [3.05, 3.63) is 35.9 Å². The summed E-state index contributed by atoms with van der Waals surface area (Å²) < 4.78 is 0. The average molecular weight is 240 g/mol. The van der Waals surface area contributed by atoms with Crippen LogP contribution >= 0.6 is 0 Å². The van der Waals surface area contributed by atoms with Gasteiger partial charge in [0.25, 0.3) is 0 Å². The monoisotopic (exact) mass is 240 g/mol. The summed E-state index contributed by atoms with van der Waals surface area (Å²) in [5.74, 6) is 0. The lowest BCUT2D eigenvalue weighted by molar-refractivity contribution is 0.294. The van der Waals surface area contributed by atoms with Gasteiger partial charge in [0.15, 0.2) is 0 Å². The maximum atomic E-state index is 9.61.